The average Bonchev–Trinajstić information content (AvgIpc) is 2.49. The molecule has 24 heavy (non-hydrogen) atoms. The summed E-state index contributed by atoms with van der Waals surface area (Å²) in [7, 11) is 0. The minimum atomic E-state index is -0.503. The van der Waals surface area contributed by atoms with Crippen molar-refractivity contribution >= 4 is 11.8 Å². The lowest BCUT2D eigenvalue weighted by Gasteiger charge is -2.19. The molecule has 0 aliphatic carbocycles. The summed E-state index contributed by atoms with van der Waals surface area (Å²) in [5.41, 5.74) is 6.99. The molecule has 0 aliphatic rings. The van der Waals surface area contributed by atoms with Gasteiger partial charge in [-0.15, -0.1) is 0 Å². The molecule has 0 fully saturated rings. The van der Waals surface area contributed by atoms with Crippen molar-refractivity contribution in [2.24, 2.45) is 0 Å². The van der Waals surface area contributed by atoms with Crippen LogP contribution in [0.2, 0.25) is 0 Å². The molecule has 0 saturated carbocycles. The van der Waals surface area contributed by atoms with Crippen molar-refractivity contribution in [3.05, 3.63) is 23.8 Å². The Labute approximate surface area is 145 Å². The number of unbranched alkanes of at least 4 members (excludes halogenated alkanes) is 4. The number of nitrogen functional groups attached to an aromatic ring is 1. The molecule has 0 bridgehead atoms. The first-order valence-electron chi connectivity index (χ1n) is 8.80. The molecule has 0 heterocycles. The number of amides is 1. The van der Waals surface area contributed by atoms with Crippen molar-refractivity contribution in [1.82, 2.24) is 5.32 Å². The largest absolute Gasteiger partial charge is 0.491 e. The number of hydrogen-bond acceptors (Lipinski definition) is 4. The molecule has 0 aliphatic heterocycles. The molecule has 0 unspecified atom stereocenters. The number of nitrogens with two attached hydrogens (primary N) is 1. The van der Waals surface area contributed by atoms with E-state index in [9.17, 15) is 4.79 Å². The molecular weight excluding hydrogens is 304 g/mol. The van der Waals surface area contributed by atoms with Gasteiger partial charge in [-0.05, 0) is 44.9 Å². The first-order chi connectivity index (χ1) is 11.3. The maximum Gasteiger partial charge on any atom is 0.407 e. The second kappa shape index (κ2) is 10.1. The molecule has 0 atom stereocenters. The molecule has 5 heteroatoms. The number of carbonyl (C=O) groups excluding carboxylic acids is 1. The molecule has 136 valence electrons. The van der Waals surface area contributed by atoms with Gasteiger partial charge in [-0.25, -0.2) is 4.79 Å². The van der Waals surface area contributed by atoms with E-state index in [1.54, 1.807) is 6.07 Å². The van der Waals surface area contributed by atoms with Crippen molar-refractivity contribution in [1.29, 1.82) is 0 Å². The Bertz CT molecular complexity index is 510. The van der Waals surface area contributed by atoms with Gasteiger partial charge in [0, 0.05) is 6.54 Å². The molecule has 0 spiro atoms. The van der Waals surface area contributed by atoms with Crippen molar-refractivity contribution in [3.8, 4) is 5.75 Å². The molecule has 0 saturated heterocycles. The fraction of sp³-hybridized carbons (Fsp3) is 0.632. The molecule has 3 N–H and O–H groups in total. The van der Waals surface area contributed by atoms with E-state index in [2.05, 4.69) is 12.2 Å². The first kappa shape index (κ1) is 20.1. The van der Waals surface area contributed by atoms with Crippen LogP contribution in [0, 0.1) is 0 Å². The topological polar surface area (TPSA) is 73.6 Å². The van der Waals surface area contributed by atoms with Crippen LogP contribution in [0.25, 0.3) is 0 Å². The highest BCUT2D eigenvalue weighted by Crippen LogP contribution is 2.23. The highest BCUT2D eigenvalue weighted by Gasteiger charge is 2.15. The fourth-order valence-corrected chi connectivity index (χ4v) is 2.19. The highest BCUT2D eigenvalue weighted by molar-refractivity contribution is 5.67. The minimum absolute atomic E-state index is 0.377. The van der Waals surface area contributed by atoms with Crippen LogP contribution in [-0.2, 0) is 11.3 Å². The Hall–Kier alpha value is -1.91. The summed E-state index contributed by atoms with van der Waals surface area (Å²) in [5.74, 6) is 0.675. The van der Waals surface area contributed by atoms with Gasteiger partial charge in [-0.3, -0.25) is 0 Å². The lowest BCUT2D eigenvalue weighted by Crippen LogP contribution is -2.32. The monoisotopic (exact) mass is 336 g/mol. The van der Waals surface area contributed by atoms with Gasteiger partial charge in [0.05, 0.1) is 12.3 Å². The second-order valence-electron chi connectivity index (χ2n) is 6.99. The standard InChI is InChI=1S/C19H32N2O3/c1-5-6-7-8-9-12-23-17-13-15(10-11-16(17)20)14-21-18(22)24-19(2,3)4/h10-11,13H,5-9,12,14,20H2,1-4H3,(H,21,22). The number of ether oxygens (including phenoxy) is 2. The van der Waals surface area contributed by atoms with Gasteiger partial charge in [0.1, 0.15) is 11.4 Å². The number of rotatable bonds is 9. The smallest absolute Gasteiger partial charge is 0.407 e. The maximum atomic E-state index is 11.7. The summed E-state index contributed by atoms with van der Waals surface area (Å²) in [4.78, 5) is 11.7. The fourth-order valence-electron chi connectivity index (χ4n) is 2.19. The van der Waals surface area contributed by atoms with Crippen LogP contribution in [0.15, 0.2) is 18.2 Å². The van der Waals surface area contributed by atoms with Gasteiger partial charge in [0.25, 0.3) is 0 Å². The van der Waals surface area contributed by atoms with E-state index in [1.807, 2.05) is 32.9 Å². The van der Waals surface area contributed by atoms with Gasteiger partial charge >= 0.3 is 6.09 Å². The molecule has 1 aromatic rings. The van der Waals surface area contributed by atoms with Crippen LogP contribution in [-0.4, -0.2) is 18.3 Å². The summed E-state index contributed by atoms with van der Waals surface area (Å²) in [6.45, 7) is 8.75. The first-order valence-corrected chi connectivity index (χ1v) is 8.80. The van der Waals surface area contributed by atoms with Crippen molar-refractivity contribution in [3.63, 3.8) is 0 Å². The van der Waals surface area contributed by atoms with E-state index in [0.29, 0.717) is 24.6 Å². The molecule has 1 amide bonds. The number of hydrogen-bond donors (Lipinski definition) is 2. The van der Waals surface area contributed by atoms with E-state index < -0.39 is 11.7 Å². The third kappa shape index (κ3) is 8.65. The van der Waals surface area contributed by atoms with E-state index >= 15 is 0 Å². The molecule has 1 aromatic carbocycles. The Morgan fingerprint density at radius 2 is 1.88 bits per heavy atom. The molecule has 0 radical (unpaired) electrons. The number of nitrogens with one attached hydrogen (secondary N) is 1. The zero-order valence-corrected chi connectivity index (χ0v) is 15.5. The predicted molar refractivity (Wildman–Crippen MR) is 98.2 cm³/mol. The quantitative estimate of drug-likeness (QED) is 0.509. The van der Waals surface area contributed by atoms with Crippen molar-refractivity contribution < 1.29 is 14.3 Å². The molecule has 5 nitrogen and oxygen atoms in total. The summed E-state index contributed by atoms with van der Waals surface area (Å²) >= 11 is 0. The summed E-state index contributed by atoms with van der Waals surface area (Å²) in [6.07, 6.45) is 5.52. The van der Waals surface area contributed by atoms with E-state index in [1.165, 1.54) is 25.7 Å². The molecular formula is C19H32N2O3. The van der Waals surface area contributed by atoms with Gasteiger partial charge in [0.2, 0.25) is 0 Å². The Morgan fingerprint density at radius 1 is 1.17 bits per heavy atom. The number of carbonyl (C=O) groups is 1. The zero-order chi connectivity index (χ0) is 18.0. The van der Waals surface area contributed by atoms with Crippen LogP contribution in [0.1, 0.15) is 65.4 Å². The van der Waals surface area contributed by atoms with Crippen molar-refractivity contribution in [2.75, 3.05) is 12.3 Å². The molecule has 0 aromatic heterocycles. The predicted octanol–water partition coefficient (Wildman–Crippen LogP) is 4.64. The van der Waals surface area contributed by atoms with Gasteiger partial charge in [-0.2, -0.15) is 0 Å². The Morgan fingerprint density at radius 3 is 2.54 bits per heavy atom. The van der Waals surface area contributed by atoms with Crippen molar-refractivity contribution in [2.45, 2.75) is 71.9 Å². The lowest BCUT2D eigenvalue weighted by molar-refractivity contribution is 0.0523. The Balaban J connectivity index is 2.43. The number of anilines is 1. The van der Waals surface area contributed by atoms with Crippen LogP contribution >= 0.6 is 0 Å². The Kier molecular flexibility index (Phi) is 8.44. The summed E-state index contributed by atoms with van der Waals surface area (Å²) in [6, 6.07) is 5.55. The van der Waals surface area contributed by atoms with Crippen LogP contribution in [0.4, 0.5) is 10.5 Å². The van der Waals surface area contributed by atoms with Crippen LogP contribution in [0.3, 0.4) is 0 Å². The second-order valence-corrected chi connectivity index (χ2v) is 6.99. The number of benzene rings is 1. The van der Waals surface area contributed by atoms with E-state index in [-0.39, 0.29) is 0 Å². The van der Waals surface area contributed by atoms with Gasteiger partial charge in [0.15, 0.2) is 0 Å². The van der Waals surface area contributed by atoms with Crippen LogP contribution in [0.5, 0.6) is 5.75 Å². The maximum absolute atomic E-state index is 11.7. The SMILES string of the molecule is CCCCCCCOc1cc(CNC(=O)OC(C)(C)C)ccc1N. The van der Waals surface area contributed by atoms with E-state index in [4.69, 9.17) is 15.2 Å². The highest BCUT2D eigenvalue weighted by atomic mass is 16.6. The lowest BCUT2D eigenvalue weighted by atomic mass is 10.1. The van der Waals surface area contributed by atoms with E-state index in [0.717, 1.165) is 12.0 Å². The van der Waals surface area contributed by atoms with Crippen LogP contribution < -0.4 is 15.8 Å². The summed E-state index contributed by atoms with van der Waals surface area (Å²) < 4.78 is 11.0. The third-order valence-electron chi connectivity index (χ3n) is 3.42. The van der Waals surface area contributed by atoms with Gasteiger partial charge in [-0.1, -0.05) is 38.7 Å². The zero-order valence-electron chi connectivity index (χ0n) is 15.5. The molecule has 1 rings (SSSR count). The summed E-state index contributed by atoms with van der Waals surface area (Å²) in [5, 5.41) is 2.74. The van der Waals surface area contributed by atoms with Gasteiger partial charge < -0.3 is 20.5 Å². The third-order valence-corrected chi connectivity index (χ3v) is 3.42. The normalized spacial score (nSPS) is 11.2. The number of alkyl carbamates (subject to hydrolysis) is 1. The minimum Gasteiger partial charge on any atom is -0.491 e. The average molecular weight is 336 g/mol.